The number of hydrogen-bond acceptors (Lipinski definition) is 3. The second kappa shape index (κ2) is 9.40. The molecule has 0 unspecified atom stereocenters. The molecule has 3 fully saturated rings. The van der Waals surface area contributed by atoms with Crippen LogP contribution in [0.3, 0.4) is 0 Å². The fourth-order valence-corrected chi connectivity index (χ4v) is 6.53. The summed E-state index contributed by atoms with van der Waals surface area (Å²) in [4.78, 5) is 28.1. The van der Waals surface area contributed by atoms with Gasteiger partial charge in [0.25, 0.3) is 5.91 Å². The lowest BCUT2D eigenvalue weighted by Gasteiger charge is -2.47. The van der Waals surface area contributed by atoms with E-state index < -0.39 is 29.7 Å². The highest BCUT2D eigenvalue weighted by atomic mass is 19.1. The molecule has 6 heteroatoms. The van der Waals surface area contributed by atoms with Gasteiger partial charge in [-0.3, -0.25) is 9.59 Å². The zero-order valence-corrected chi connectivity index (χ0v) is 19.7. The lowest BCUT2D eigenvalue weighted by Crippen LogP contribution is -2.53. The molecular weight excluding hydrogens is 431 g/mol. The Morgan fingerprint density at radius 3 is 2.41 bits per heavy atom. The number of halogens is 1. The quantitative estimate of drug-likeness (QED) is 0.574. The molecule has 1 saturated heterocycles. The van der Waals surface area contributed by atoms with Crippen LogP contribution in [0.15, 0.2) is 42.5 Å². The Morgan fingerprint density at radius 2 is 1.74 bits per heavy atom. The van der Waals surface area contributed by atoms with Crippen molar-refractivity contribution in [3.63, 3.8) is 0 Å². The molecular formula is C28H33FN2O3. The first-order chi connectivity index (χ1) is 16.4. The van der Waals surface area contributed by atoms with E-state index in [-0.39, 0.29) is 17.5 Å². The summed E-state index contributed by atoms with van der Waals surface area (Å²) in [7, 11) is 0. The first-order valence-electron chi connectivity index (χ1n) is 12.6. The molecule has 180 valence electrons. The van der Waals surface area contributed by atoms with Gasteiger partial charge in [-0.15, -0.1) is 0 Å². The molecule has 1 aliphatic heterocycles. The molecule has 5 rings (SSSR count). The van der Waals surface area contributed by atoms with Gasteiger partial charge in [-0.05, 0) is 74.3 Å². The number of carbonyl (C=O) groups excluding carboxylic acids is 1. The summed E-state index contributed by atoms with van der Waals surface area (Å²) in [6.45, 7) is 1.74. The van der Waals surface area contributed by atoms with Gasteiger partial charge in [0.05, 0.1) is 17.5 Å². The SMILES string of the molecule is Cc1cccc(F)c1C(=O)N1[C@@H]2CCC[C@@H]2C[C@H](C(=O)O)[C@@H]1c1ccc(NC2CCCC2)cc1. The van der Waals surface area contributed by atoms with E-state index in [4.69, 9.17) is 0 Å². The van der Waals surface area contributed by atoms with Crippen molar-refractivity contribution in [3.05, 3.63) is 65.0 Å². The minimum Gasteiger partial charge on any atom is -0.481 e. The van der Waals surface area contributed by atoms with Crippen LogP contribution in [0.5, 0.6) is 0 Å². The van der Waals surface area contributed by atoms with E-state index in [9.17, 15) is 19.1 Å². The lowest BCUT2D eigenvalue weighted by molar-refractivity contribution is -0.147. The number of hydrogen-bond donors (Lipinski definition) is 2. The van der Waals surface area contributed by atoms with Crippen molar-refractivity contribution < 1.29 is 19.1 Å². The first kappa shape index (κ1) is 22.9. The van der Waals surface area contributed by atoms with Gasteiger partial charge >= 0.3 is 5.97 Å². The number of carboxylic acid groups (broad SMARTS) is 1. The van der Waals surface area contributed by atoms with Crippen LogP contribution in [0.2, 0.25) is 0 Å². The summed E-state index contributed by atoms with van der Waals surface area (Å²) in [5.74, 6) is -2.42. The minimum atomic E-state index is -0.897. The second-order valence-electron chi connectivity index (χ2n) is 10.3. The Bertz CT molecular complexity index is 1040. The number of fused-ring (bicyclic) bond motifs is 1. The van der Waals surface area contributed by atoms with Crippen LogP contribution in [-0.4, -0.2) is 34.0 Å². The van der Waals surface area contributed by atoms with E-state index in [1.807, 2.05) is 24.3 Å². The molecule has 2 aromatic carbocycles. The average molecular weight is 465 g/mol. The van der Waals surface area contributed by atoms with Gasteiger partial charge in [-0.25, -0.2) is 4.39 Å². The van der Waals surface area contributed by atoms with Gasteiger partial charge in [-0.1, -0.05) is 43.5 Å². The van der Waals surface area contributed by atoms with Gasteiger partial charge in [0.2, 0.25) is 0 Å². The van der Waals surface area contributed by atoms with Crippen molar-refractivity contribution in [2.75, 3.05) is 5.32 Å². The summed E-state index contributed by atoms with van der Waals surface area (Å²) >= 11 is 0. The van der Waals surface area contributed by atoms with Crippen LogP contribution in [-0.2, 0) is 4.79 Å². The molecule has 1 amide bonds. The number of likely N-dealkylation sites (tertiary alicyclic amines) is 1. The molecule has 0 aromatic heterocycles. The van der Waals surface area contributed by atoms with Crippen molar-refractivity contribution in [1.82, 2.24) is 4.90 Å². The number of anilines is 1. The molecule has 0 bridgehead atoms. The smallest absolute Gasteiger partial charge is 0.308 e. The zero-order valence-electron chi connectivity index (χ0n) is 19.7. The van der Waals surface area contributed by atoms with E-state index in [1.165, 1.54) is 31.7 Å². The standard InChI is InChI=1S/C28H33FN2O3/c1-17-6-4-10-23(29)25(17)27(32)31-24-11-5-7-19(24)16-22(28(33)34)26(31)18-12-14-21(15-13-18)30-20-8-2-3-9-20/h4,6,10,12-15,19-20,22,24,26,30H,2-3,5,7-9,11,16H2,1H3,(H,33,34)/t19-,22+,24-,26+/m1/s1. The maximum Gasteiger partial charge on any atom is 0.308 e. The Kier molecular flexibility index (Phi) is 6.32. The number of aryl methyl sites for hydroxylation is 1. The lowest BCUT2D eigenvalue weighted by atomic mass is 9.76. The second-order valence-corrected chi connectivity index (χ2v) is 10.3. The predicted molar refractivity (Wildman–Crippen MR) is 129 cm³/mol. The number of benzene rings is 2. The predicted octanol–water partition coefficient (Wildman–Crippen LogP) is 5.95. The summed E-state index contributed by atoms with van der Waals surface area (Å²) in [6, 6.07) is 12.3. The Balaban J connectivity index is 1.53. The van der Waals surface area contributed by atoms with E-state index >= 15 is 0 Å². The van der Waals surface area contributed by atoms with Crippen molar-refractivity contribution in [3.8, 4) is 0 Å². The minimum absolute atomic E-state index is 0.0590. The largest absolute Gasteiger partial charge is 0.481 e. The molecule has 34 heavy (non-hydrogen) atoms. The molecule has 2 aromatic rings. The molecule has 2 aliphatic carbocycles. The molecule has 5 nitrogen and oxygen atoms in total. The highest BCUT2D eigenvalue weighted by molar-refractivity contribution is 5.97. The summed E-state index contributed by atoms with van der Waals surface area (Å²) in [5, 5.41) is 13.8. The molecule has 3 aliphatic rings. The van der Waals surface area contributed by atoms with Crippen LogP contribution in [0.4, 0.5) is 10.1 Å². The zero-order chi connectivity index (χ0) is 23.8. The molecule has 1 heterocycles. The molecule has 2 N–H and O–H groups in total. The third-order valence-electron chi connectivity index (χ3n) is 8.18. The Hall–Kier alpha value is -2.89. The molecule has 4 atom stereocenters. The summed E-state index contributed by atoms with van der Waals surface area (Å²) < 4.78 is 14.9. The highest BCUT2D eigenvalue weighted by Crippen LogP contribution is 2.48. The van der Waals surface area contributed by atoms with Crippen molar-refractivity contribution >= 4 is 17.6 Å². The number of aliphatic carboxylic acids is 1. The van der Waals surface area contributed by atoms with E-state index in [0.717, 1.165) is 30.5 Å². The maximum atomic E-state index is 14.9. The number of carbonyl (C=O) groups is 2. The highest BCUT2D eigenvalue weighted by Gasteiger charge is 2.50. The van der Waals surface area contributed by atoms with Gasteiger partial charge < -0.3 is 15.3 Å². The number of rotatable bonds is 5. The Labute approximate surface area is 200 Å². The third-order valence-corrected chi connectivity index (χ3v) is 8.18. The fraction of sp³-hybridized carbons (Fsp3) is 0.500. The Morgan fingerprint density at radius 1 is 1.00 bits per heavy atom. The van der Waals surface area contributed by atoms with Crippen LogP contribution < -0.4 is 5.32 Å². The number of piperidine rings is 1. The van der Waals surface area contributed by atoms with Crippen LogP contribution >= 0.6 is 0 Å². The first-order valence-corrected chi connectivity index (χ1v) is 12.6. The van der Waals surface area contributed by atoms with Crippen molar-refractivity contribution in [1.29, 1.82) is 0 Å². The van der Waals surface area contributed by atoms with Crippen LogP contribution in [0.25, 0.3) is 0 Å². The number of carboxylic acids is 1. The third kappa shape index (κ3) is 4.19. The summed E-state index contributed by atoms with van der Waals surface area (Å²) in [5.41, 5.74) is 2.45. The normalized spacial score (nSPS) is 26.9. The van der Waals surface area contributed by atoms with Gasteiger partial charge in [0, 0.05) is 17.8 Å². The van der Waals surface area contributed by atoms with Gasteiger partial charge in [0.1, 0.15) is 5.82 Å². The molecule has 0 spiro atoms. The summed E-state index contributed by atoms with van der Waals surface area (Å²) in [6.07, 6.45) is 8.06. The number of nitrogens with one attached hydrogen (secondary N) is 1. The van der Waals surface area contributed by atoms with Crippen molar-refractivity contribution in [2.45, 2.75) is 76.4 Å². The van der Waals surface area contributed by atoms with E-state index in [1.54, 1.807) is 24.0 Å². The topological polar surface area (TPSA) is 69.6 Å². The van der Waals surface area contributed by atoms with Gasteiger partial charge in [-0.2, -0.15) is 0 Å². The fourth-order valence-electron chi connectivity index (χ4n) is 6.53. The van der Waals surface area contributed by atoms with Crippen molar-refractivity contribution in [2.24, 2.45) is 11.8 Å². The van der Waals surface area contributed by atoms with E-state index in [2.05, 4.69) is 5.32 Å². The number of nitrogens with zero attached hydrogens (tertiary/aromatic N) is 1. The molecule has 2 saturated carbocycles. The van der Waals surface area contributed by atoms with Crippen LogP contribution in [0, 0.1) is 24.6 Å². The monoisotopic (exact) mass is 464 g/mol. The number of amides is 1. The molecule has 0 radical (unpaired) electrons. The maximum absolute atomic E-state index is 14.9. The van der Waals surface area contributed by atoms with Crippen LogP contribution in [0.1, 0.15) is 78.9 Å². The van der Waals surface area contributed by atoms with E-state index in [0.29, 0.717) is 18.0 Å². The average Bonchev–Trinajstić information content (AvgIpc) is 3.50. The van der Waals surface area contributed by atoms with Gasteiger partial charge in [0.15, 0.2) is 0 Å².